The molecule has 0 radical (unpaired) electrons. The van der Waals surface area contributed by atoms with Gasteiger partial charge < -0.3 is 4.74 Å². The topological polar surface area (TPSA) is 44.1 Å². The molecule has 2 aromatic rings. The Bertz CT molecular complexity index is 739. The number of rotatable bonds is 5. The third-order valence-electron chi connectivity index (χ3n) is 3.52. The second kappa shape index (κ2) is 6.08. The average molecular weight is 416 g/mol. The van der Waals surface area contributed by atoms with Crippen LogP contribution in [-0.4, -0.2) is 16.2 Å². The third-order valence-corrected chi connectivity index (χ3v) is 4.58. The molecule has 1 aliphatic rings. The van der Waals surface area contributed by atoms with E-state index >= 15 is 0 Å². The van der Waals surface area contributed by atoms with E-state index in [1.54, 1.807) is 4.57 Å². The van der Waals surface area contributed by atoms with Crippen LogP contribution in [0.1, 0.15) is 26.2 Å². The maximum Gasteiger partial charge on any atom is 0.299 e. The minimum atomic E-state index is -0.0278. The molecule has 1 aromatic heterocycles. The van der Waals surface area contributed by atoms with Gasteiger partial charge in [0.2, 0.25) is 0 Å². The van der Waals surface area contributed by atoms with Gasteiger partial charge in [-0.2, -0.15) is 4.98 Å². The molecule has 112 valence electrons. The van der Waals surface area contributed by atoms with Crippen LogP contribution >= 0.6 is 31.9 Å². The summed E-state index contributed by atoms with van der Waals surface area (Å²) in [4.78, 5) is 17.3. The van der Waals surface area contributed by atoms with Crippen molar-refractivity contribution >= 4 is 42.8 Å². The van der Waals surface area contributed by atoms with Gasteiger partial charge in [-0.15, -0.1) is 0 Å². The van der Waals surface area contributed by atoms with Crippen molar-refractivity contribution in [2.24, 2.45) is 5.92 Å². The minimum absolute atomic E-state index is 0.0278. The van der Waals surface area contributed by atoms with Crippen LogP contribution in [0, 0.1) is 5.92 Å². The molecule has 1 aromatic carbocycles. The van der Waals surface area contributed by atoms with E-state index < -0.39 is 0 Å². The molecule has 1 fully saturated rings. The van der Waals surface area contributed by atoms with Gasteiger partial charge in [-0.3, -0.25) is 9.36 Å². The van der Waals surface area contributed by atoms with Crippen LogP contribution in [-0.2, 0) is 6.54 Å². The van der Waals surface area contributed by atoms with E-state index in [9.17, 15) is 4.79 Å². The Morgan fingerprint density at radius 3 is 2.81 bits per heavy atom. The van der Waals surface area contributed by atoms with Gasteiger partial charge in [0.25, 0.3) is 11.6 Å². The number of halogens is 2. The second-order valence-electron chi connectivity index (χ2n) is 5.39. The Hall–Kier alpha value is -0.880. The predicted octanol–water partition coefficient (Wildman–Crippen LogP) is 4.12. The summed E-state index contributed by atoms with van der Waals surface area (Å²) in [5.41, 5.74) is 0.626. The number of benzene rings is 1. The molecule has 1 saturated carbocycles. The zero-order chi connectivity index (χ0) is 15.0. The Morgan fingerprint density at radius 1 is 1.38 bits per heavy atom. The molecule has 0 unspecified atom stereocenters. The van der Waals surface area contributed by atoms with Crippen molar-refractivity contribution in [3.05, 3.63) is 31.4 Å². The summed E-state index contributed by atoms with van der Waals surface area (Å²) in [5, 5.41) is 0.612. The monoisotopic (exact) mass is 414 g/mol. The molecular weight excluding hydrogens is 400 g/mol. The van der Waals surface area contributed by atoms with Crippen LogP contribution in [0.25, 0.3) is 10.9 Å². The van der Waals surface area contributed by atoms with Gasteiger partial charge in [0.1, 0.15) is 0 Å². The zero-order valence-corrected chi connectivity index (χ0v) is 14.9. The van der Waals surface area contributed by atoms with Crippen molar-refractivity contribution in [3.8, 4) is 6.01 Å². The lowest BCUT2D eigenvalue weighted by atomic mass is 10.2. The minimum Gasteiger partial charge on any atom is -0.465 e. The summed E-state index contributed by atoms with van der Waals surface area (Å²) in [7, 11) is 0. The summed E-state index contributed by atoms with van der Waals surface area (Å²) >= 11 is 6.90. The van der Waals surface area contributed by atoms with Gasteiger partial charge >= 0.3 is 0 Å². The van der Waals surface area contributed by atoms with Gasteiger partial charge in [-0.05, 0) is 53.2 Å². The molecule has 0 atom stereocenters. The summed E-state index contributed by atoms with van der Waals surface area (Å²) < 4.78 is 9.05. The summed E-state index contributed by atoms with van der Waals surface area (Å²) in [6.45, 7) is 3.30. The molecule has 3 rings (SSSR count). The van der Waals surface area contributed by atoms with Gasteiger partial charge in [0.15, 0.2) is 0 Å². The van der Waals surface area contributed by atoms with Crippen LogP contribution in [0.5, 0.6) is 6.01 Å². The maximum atomic E-state index is 12.8. The normalized spacial score (nSPS) is 14.6. The lowest BCUT2D eigenvalue weighted by Crippen LogP contribution is -2.25. The number of hydrogen-bond donors (Lipinski definition) is 0. The first-order chi connectivity index (χ1) is 10.1. The number of hydrogen-bond acceptors (Lipinski definition) is 3. The second-order valence-corrected chi connectivity index (χ2v) is 7.16. The van der Waals surface area contributed by atoms with Gasteiger partial charge in [0, 0.05) is 15.5 Å². The lowest BCUT2D eigenvalue weighted by Gasteiger charge is -2.14. The van der Waals surface area contributed by atoms with Crippen molar-refractivity contribution in [3.63, 3.8) is 0 Å². The van der Waals surface area contributed by atoms with Crippen LogP contribution < -0.4 is 10.3 Å². The Morgan fingerprint density at radius 2 is 2.14 bits per heavy atom. The van der Waals surface area contributed by atoms with Crippen LogP contribution in [0.15, 0.2) is 25.9 Å². The number of aromatic nitrogens is 2. The first kappa shape index (κ1) is 15.0. The highest BCUT2D eigenvalue weighted by Gasteiger charge is 2.25. The van der Waals surface area contributed by atoms with E-state index in [-0.39, 0.29) is 5.56 Å². The molecule has 0 spiro atoms. The smallest absolute Gasteiger partial charge is 0.299 e. The van der Waals surface area contributed by atoms with Gasteiger partial charge in [-0.1, -0.05) is 22.9 Å². The lowest BCUT2D eigenvalue weighted by molar-refractivity contribution is 0.270. The number of nitrogens with zero attached hydrogens (tertiary/aromatic N) is 2. The summed E-state index contributed by atoms with van der Waals surface area (Å²) in [5.74, 6) is 0.585. The van der Waals surface area contributed by atoms with Crippen LogP contribution in [0.2, 0.25) is 0 Å². The first-order valence-corrected chi connectivity index (χ1v) is 8.71. The fraction of sp³-hybridized carbons (Fsp3) is 0.467. The van der Waals surface area contributed by atoms with Crippen molar-refractivity contribution in [1.82, 2.24) is 9.55 Å². The fourth-order valence-corrected chi connectivity index (χ4v) is 3.57. The van der Waals surface area contributed by atoms with E-state index in [1.807, 2.05) is 19.1 Å². The molecule has 0 bridgehead atoms. The Balaban J connectivity index is 2.19. The first-order valence-electron chi connectivity index (χ1n) is 7.12. The van der Waals surface area contributed by atoms with Crippen LogP contribution in [0.4, 0.5) is 0 Å². The molecule has 6 heteroatoms. The maximum absolute atomic E-state index is 12.8. The average Bonchev–Trinajstić information content (AvgIpc) is 3.25. The quantitative estimate of drug-likeness (QED) is 0.737. The van der Waals surface area contributed by atoms with Crippen molar-refractivity contribution < 1.29 is 4.74 Å². The highest BCUT2D eigenvalue weighted by atomic mass is 79.9. The van der Waals surface area contributed by atoms with Crippen molar-refractivity contribution in [2.75, 3.05) is 6.61 Å². The van der Waals surface area contributed by atoms with E-state index in [0.717, 1.165) is 15.4 Å². The van der Waals surface area contributed by atoms with Crippen molar-refractivity contribution in [1.29, 1.82) is 0 Å². The highest BCUT2D eigenvalue weighted by Crippen LogP contribution is 2.32. The SMILES string of the molecule is CCCOc1nc2c(Br)cc(Br)cc2c(=O)n1CC1CC1. The summed E-state index contributed by atoms with van der Waals surface area (Å²) in [6, 6.07) is 4.15. The summed E-state index contributed by atoms with van der Waals surface area (Å²) in [6.07, 6.45) is 3.25. The fourth-order valence-electron chi connectivity index (χ4n) is 2.25. The molecular formula is C15H16Br2N2O2. The molecule has 21 heavy (non-hydrogen) atoms. The van der Waals surface area contributed by atoms with Crippen molar-refractivity contribution in [2.45, 2.75) is 32.7 Å². The molecule has 0 amide bonds. The van der Waals surface area contributed by atoms with E-state index in [0.29, 0.717) is 36.0 Å². The largest absolute Gasteiger partial charge is 0.465 e. The van der Waals surface area contributed by atoms with Gasteiger partial charge in [0.05, 0.1) is 17.5 Å². The molecule has 1 heterocycles. The molecule has 0 saturated heterocycles. The zero-order valence-electron chi connectivity index (χ0n) is 11.7. The van der Waals surface area contributed by atoms with Gasteiger partial charge in [-0.25, -0.2) is 0 Å². The standard InChI is InChI=1S/C15H16Br2N2O2/c1-2-5-21-15-18-13-11(6-10(16)7-12(13)17)14(20)19(15)8-9-3-4-9/h6-7,9H,2-5,8H2,1H3. The highest BCUT2D eigenvalue weighted by molar-refractivity contribution is 9.11. The van der Waals surface area contributed by atoms with E-state index in [4.69, 9.17) is 4.74 Å². The Kier molecular flexibility index (Phi) is 4.36. The molecule has 0 N–H and O–H groups in total. The van der Waals surface area contributed by atoms with Crippen LogP contribution in [0.3, 0.4) is 0 Å². The Labute approximate surface area is 139 Å². The number of fused-ring (bicyclic) bond motifs is 1. The van der Waals surface area contributed by atoms with E-state index in [1.165, 1.54) is 12.8 Å². The third kappa shape index (κ3) is 3.16. The predicted molar refractivity (Wildman–Crippen MR) is 89.9 cm³/mol. The molecule has 1 aliphatic carbocycles. The molecule has 0 aliphatic heterocycles. The van der Waals surface area contributed by atoms with E-state index in [2.05, 4.69) is 36.8 Å². The number of ether oxygens (including phenoxy) is 1. The molecule has 4 nitrogen and oxygen atoms in total.